The molecule has 2 aromatic carbocycles. The Hall–Kier alpha value is -2.11. The maximum Gasteiger partial charge on any atom is 0.284 e. The predicted molar refractivity (Wildman–Crippen MR) is 90.5 cm³/mol. The van der Waals surface area contributed by atoms with Crippen LogP contribution in [0.1, 0.15) is 11.1 Å². The molecular formula is C17H13ClN2O2S. The van der Waals surface area contributed by atoms with Gasteiger partial charge in [0.25, 0.3) is 5.22 Å². The molecule has 0 aliphatic rings. The van der Waals surface area contributed by atoms with Gasteiger partial charge in [-0.25, -0.2) is 0 Å². The maximum atomic E-state index is 12.1. The van der Waals surface area contributed by atoms with E-state index in [2.05, 4.69) is 10.2 Å². The van der Waals surface area contributed by atoms with E-state index in [1.165, 1.54) is 0 Å². The molecule has 0 saturated heterocycles. The molecule has 0 fully saturated rings. The minimum absolute atomic E-state index is 0.0635. The van der Waals surface area contributed by atoms with Gasteiger partial charge >= 0.3 is 0 Å². The summed E-state index contributed by atoms with van der Waals surface area (Å²) in [5.74, 6) is 0.409. The molecule has 0 N–H and O–H groups in total. The summed E-state index contributed by atoms with van der Waals surface area (Å²) in [4.78, 5) is 12.1. The molecule has 0 aliphatic carbocycles. The van der Waals surface area contributed by atoms with Gasteiger partial charge in [0.2, 0.25) is 11.0 Å². The molecule has 1 heterocycles. The van der Waals surface area contributed by atoms with E-state index in [0.717, 1.165) is 28.5 Å². The number of thioether (sulfide) groups is 1. The average Bonchev–Trinajstić information content (AvgIpc) is 2.98. The molecule has 0 atom stereocenters. The lowest BCUT2D eigenvalue weighted by molar-refractivity contribution is -0.110. The fraction of sp³-hybridized carbons (Fsp3) is 0.118. The first-order chi connectivity index (χ1) is 11.1. The lowest BCUT2D eigenvalue weighted by Gasteiger charge is -1.99. The third-order valence-electron chi connectivity index (χ3n) is 3.17. The lowest BCUT2D eigenvalue weighted by Crippen LogP contribution is -1.97. The van der Waals surface area contributed by atoms with Crippen molar-refractivity contribution >= 4 is 28.5 Å². The van der Waals surface area contributed by atoms with E-state index in [9.17, 15) is 4.79 Å². The van der Waals surface area contributed by atoms with E-state index in [4.69, 9.17) is 16.0 Å². The Balaban J connectivity index is 1.65. The Morgan fingerprint density at radius 2 is 1.78 bits per heavy atom. The number of carbonyl (C=O) groups excluding carboxylic acids is 1. The van der Waals surface area contributed by atoms with E-state index in [-0.39, 0.29) is 16.8 Å². The highest BCUT2D eigenvalue weighted by Crippen LogP contribution is 2.25. The smallest absolute Gasteiger partial charge is 0.284 e. The first-order valence-corrected chi connectivity index (χ1v) is 8.15. The van der Waals surface area contributed by atoms with E-state index in [1.54, 1.807) is 12.1 Å². The molecule has 0 saturated carbocycles. The number of carbonyl (C=O) groups is 1. The van der Waals surface area contributed by atoms with Crippen molar-refractivity contribution in [2.24, 2.45) is 0 Å². The molecule has 23 heavy (non-hydrogen) atoms. The van der Waals surface area contributed by atoms with Gasteiger partial charge in [0.15, 0.2) is 0 Å². The summed E-state index contributed by atoms with van der Waals surface area (Å²) in [7, 11) is 0. The highest BCUT2D eigenvalue weighted by atomic mass is 35.5. The van der Waals surface area contributed by atoms with Crippen LogP contribution in [-0.2, 0) is 11.2 Å². The van der Waals surface area contributed by atoms with Crippen molar-refractivity contribution in [3.63, 3.8) is 0 Å². The van der Waals surface area contributed by atoms with E-state index < -0.39 is 0 Å². The van der Waals surface area contributed by atoms with Crippen molar-refractivity contribution in [1.29, 1.82) is 0 Å². The average molecular weight is 345 g/mol. The fourth-order valence-corrected chi connectivity index (χ4v) is 2.73. The van der Waals surface area contributed by atoms with Crippen molar-refractivity contribution < 1.29 is 9.21 Å². The van der Waals surface area contributed by atoms with E-state index >= 15 is 0 Å². The summed E-state index contributed by atoms with van der Waals surface area (Å²) in [5.41, 5.74) is 2.88. The fourth-order valence-electron chi connectivity index (χ4n) is 1.97. The monoisotopic (exact) mass is 344 g/mol. The number of rotatable bonds is 4. The van der Waals surface area contributed by atoms with Crippen molar-refractivity contribution in [3.8, 4) is 11.5 Å². The molecule has 3 rings (SSSR count). The Kier molecular flexibility index (Phi) is 4.79. The van der Waals surface area contributed by atoms with Gasteiger partial charge in [0.1, 0.15) is 0 Å². The van der Waals surface area contributed by atoms with Crippen LogP contribution in [0.3, 0.4) is 0 Å². The third kappa shape index (κ3) is 4.21. The van der Waals surface area contributed by atoms with Gasteiger partial charge in [0, 0.05) is 28.8 Å². The number of halogens is 1. The van der Waals surface area contributed by atoms with Crippen LogP contribution in [0.5, 0.6) is 0 Å². The molecule has 3 aromatic rings. The second kappa shape index (κ2) is 6.98. The Bertz CT molecular complexity index is 813. The molecule has 1 aromatic heterocycles. The number of nitrogens with zero attached hydrogens (tertiary/aromatic N) is 2. The second-order valence-electron chi connectivity index (χ2n) is 5.02. The van der Waals surface area contributed by atoms with Crippen molar-refractivity contribution in [3.05, 3.63) is 64.7 Å². The van der Waals surface area contributed by atoms with Gasteiger partial charge in [-0.05, 0) is 36.8 Å². The number of aromatic nitrogens is 2. The van der Waals surface area contributed by atoms with Crippen LogP contribution in [0.2, 0.25) is 5.02 Å². The topological polar surface area (TPSA) is 56.0 Å². The van der Waals surface area contributed by atoms with Crippen LogP contribution in [-0.4, -0.2) is 15.3 Å². The van der Waals surface area contributed by atoms with Gasteiger partial charge in [-0.3, -0.25) is 4.79 Å². The van der Waals surface area contributed by atoms with E-state index in [0.29, 0.717) is 10.9 Å². The standard InChI is InChI=1S/C17H13ClN2O2S/c1-11-2-6-13(7-3-11)16-19-20-17(22-16)23-15(21)10-12-4-8-14(18)9-5-12/h2-9H,10H2,1H3. The third-order valence-corrected chi connectivity index (χ3v) is 4.13. The molecule has 0 spiro atoms. The number of hydrogen-bond donors (Lipinski definition) is 0. The van der Waals surface area contributed by atoms with Gasteiger partial charge in [-0.1, -0.05) is 41.4 Å². The Morgan fingerprint density at radius 3 is 2.48 bits per heavy atom. The molecular weight excluding hydrogens is 332 g/mol. The van der Waals surface area contributed by atoms with E-state index in [1.807, 2.05) is 43.3 Å². The summed E-state index contributed by atoms with van der Waals surface area (Å²) in [6.07, 6.45) is 0.282. The van der Waals surface area contributed by atoms with Gasteiger partial charge in [0.05, 0.1) is 0 Å². The summed E-state index contributed by atoms with van der Waals surface area (Å²) in [6, 6.07) is 14.9. The summed E-state index contributed by atoms with van der Waals surface area (Å²) >= 11 is 6.77. The van der Waals surface area contributed by atoms with Crippen LogP contribution >= 0.6 is 23.4 Å². The highest BCUT2D eigenvalue weighted by molar-refractivity contribution is 8.13. The SMILES string of the molecule is Cc1ccc(-c2nnc(SC(=O)Cc3ccc(Cl)cc3)o2)cc1. The second-order valence-corrected chi connectivity index (χ2v) is 6.46. The van der Waals surface area contributed by atoms with Gasteiger partial charge < -0.3 is 4.42 Å². The van der Waals surface area contributed by atoms with Crippen LogP contribution < -0.4 is 0 Å². The highest BCUT2D eigenvalue weighted by Gasteiger charge is 2.14. The zero-order valence-electron chi connectivity index (χ0n) is 12.3. The van der Waals surface area contributed by atoms with Crippen molar-refractivity contribution in [2.75, 3.05) is 0 Å². The maximum absolute atomic E-state index is 12.1. The summed E-state index contributed by atoms with van der Waals surface area (Å²) in [6.45, 7) is 2.01. The predicted octanol–water partition coefficient (Wildman–Crippen LogP) is 4.56. The first kappa shape index (κ1) is 15.8. The molecule has 0 bridgehead atoms. The number of benzene rings is 2. The Morgan fingerprint density at radius 1 is 1.09 bits per heavy atom. The summed E-state index contributed by atoms with van der Waals surface area (Å²) in [5, 5.41) is 8.73. The first-order valence-electron chi connectivity index (χ1n) is 6.96. The number of hydrogen-bond acceptors (Lipinski definition) is 5. The van der Waals surface area contributed by atoms with Crippen LogP contribution in [0.4, 0.5) is 0 Å². The van der Waals surface area contributed by atoms with Crippen molar-refractivity contribution in [2.45, 2.75) is 18.6 Å². The molecule has 0 amide bonds. The lowest BCUT2D eigenvalue weighted by atomic mass is 10.1. The Labute approximate surface area is 142 Å². The van der Waals surface area contributed by atoms with Crippen LogP contribution in [0.25, 0.3) is 11.5 Å². The summed E-state index contributed by atoms with van der Waals surface area (Å²) < 4.78 is 5.54. The largest absolute Gasteiger partial charge is 0.411 e. The van der Waals surface area contributed by atoms with Crippen LogP contribution in [0.15, 0.2) is 58.2 Å². The minimum Gasteiger partial charge on any atom is -0.411 e. The molecule has 6 heteroatoms. The molecule has 0 aliphatic heterocycles. The van der Waals surface area contributed by atoms with Crippen LogP contribution in [0, 0.1) is 6.92 Å². The molecule has 0 unspecified atom stereocenters. The molecule has 116 valence electrons. The zero-order valence-corrected chi connectivity index (χ0v) is 13.9. The quantitative estimate of drug-likeness (QED) is 0.649. The van der Waals surface area contributed by atoms with Crippen molar-refractivity contribution in [1.82, 2.24) is 10.2 Å². The normalized spacial score (nSPS) is 10.7. The molecule has 4 nitrogen and oxygen atoms in total. The van der Waals surface area contributed by atoms with Gasteiger partial charge in [-0.15, -0.1) is 10.2 Å². The number of aryl methyl sites for hydroxylation is 1. The molecule has 0 radical (unpaired) electrons. The zero-order chi connectivity index (χ0) is 16.2. The minimum atomic E-state index is -0.0635. The van der Waals surface area contributed by atoms with Gasteiger partial charge in [-0.2, -0.15) is 0 Å².